The van der Waals surface area contributed by atoms with Gasteiger partial charge in [-0.2, -0.15) is 0 Å². The van der Waals surface area contributed by atoms with Crippen molar-refractivity contribution in [2.45, 2.75) is 36.3 Å². The van der Waals surface area contributed by atoms with E-state index in [4.69, 9.17) is 9.84 Å². The predicted octanol–water partition coefficient (Wildman–Crippen LogP) is 1.23. The predicted molar refractivity (Wildman–Crippen MR) is 72.2 cm³/mol. The van der Waals surface area contributed by atoms with E-state index in [0.717, 1.165) is 18.9 Å². The molecule has 110 valence electrons. The number of sulfonamides is 1. The number of carbonyl (C=O) groups is 1. The maximum atomic E-state index is 12.2. The molecule has 0 heterocycles. The van der Waals surface area contributed by atoms with Crippen molar-refractivity contribution in [2.75, 3.05) is 7.11 Å². The molecule has 1 saturated carbocycles. The van der Waals surface area contributed by atoms with Crippen LogP contribution in [0.25, 0.3) is 0 Å². The zero-order chi connectivity index (χ0) is 14.8. The fourth-order valence-corrected chi connectivity index (χ4v) is 3.67. The van der Waals surface area contributed by atoms with Crippen LogP contribution < -0.4 is 4.72 Å². The third-order valence-electron chi connectivity index (χ3n) is 3.43. The van der Waals surface area contributed by atoms with Gasteiger partial charge in [-0.25, -0.2) is 17.9 Å². The molecule has 1 aliphatic carbocycles. The normalized spacial score (nSPS) is 22.9. The van der Waals surface area contributed by atoms with Crippen LogP contribution in [0.3, 0.4) is 0 Å². The lowest BCUT2D eigenvalue weighted by Crippen LogP contribution is -2.33. The van der Waals surface area contributed by atoms with E-state index in [1.165, 1.54) is 18.2 Å². The van der Waals surface area contributed by atoms with Crippen LogP contribution in [0, 0.1) is 0 Å². The molecule has 0 saturated heterocycles. The Kier molecular flexibility index (Phi) is 4.42. The minimum atomic E-state index is -3.70. The summed E-state index contributed by atoms with van der Waals surface area (Å²) < 4.78 is 32.2. The SMILES string of the molecule is COC1CCC(NS(=O)(=O)c2cccc(C(=O)O)c2)C1. The minimum absolute atomic E-state index is 0.0294. The van der Waals surface area contributed by atoms with Gasteiger partial charge in [0.2, 0.25) is 10.0 Å². The van der Waals surface area contributed by atoms with Gasteiger partial charge in [-0.05, 0) is 37.5 Å². The van der Waals surface area contributed by atoms with Crippen molar-refractivity contribution in [3.63, 3.8) is 0 Å². The number of rotatable bonds is 5. The van der Waals surface area contributed by atoms with Crippen molar-refractivity contribution in [3.05, 3.63) is 29.8 Å². The summed E-state index contributed by atoms with van der Waals surface area (Å²) in [6.45, 7) is 0. The van der Waals surface area contributed by atoms with Crippen molar-refractivity contribution in [3.8, 4) is 0 Å². The molecule has 2 atom stereocenters. The number of ether oxygens (including phenoxy) is 1. The van der Waals surface area contributed by atoms with E-state index in [1.807, 2.05) is 0 Å². The molecule has 1 fully saturated rings. The molecule has 0 spiro atoms. The average Bonchev–Trinajstić information content (AvgIpc) is 2.86. The van der Waals surface area contributed by atoms with Crippen LogP contribution >= 0.6 is 0 Å². The van der Waals surface area contributed by atoms with E-state index < -0.39 is 16.0 Å². The van der Waals surface area contributed by atoms with Crippen LogP contribution in [0.15, 0.2) is 29.2 Å². The lowest BCUT2D eigenvalue weighted by molar-refractivity contribution is 0.0696. The van der Waals surface area contributed by atoms with Crippen LogP contribution in [0.4, 0.5) is 0 Å². The summed E-state index contributed by atoms with van der Waals surface area (Å²) in [6, 6.07) is 5.16. The van der Waals surface area contributed by atoms with E-state index >= 15 is 0 Å². The van der Waals surface area contributed by atoms with Gasteiger partial charge in [-0.1, -0.05) is 6.07 Å². The van der Waals surface area contributed by atoms with Crippen molar-refractivity contribution in [2.24, 2.45) is 0 Å². The van der Waals surface area contributed by atoms with Gasteiger partial charge < -0.3 is 9.84 Å². The van der Waals surface area contributed by atoms with E-state index in [2.05, 4.69) is 4.72 Å². The van der Waals surface area contributed by atoms with Gasteiger partial charge in [-0.15, -0.1) is 0 Å². The Hall–Kier alpha value is -1.44. The van der Waals surface area contributed by atoms with Crippen LogP contribution in [0.1, 0.15) is 29.6 Å². The van der Waals surface area contributed by atoms with Crippen LogP contribution in [0.2, 0.25) is 0 Å². The summed E-state index contributed by atoms with van der Waals surface area (Å²) in [4.78, 5) is 10.8. The fourth-order valence-electron chi connectivity index (χ4n) is 2.34. The van der Waals surface area contributed by atoms with Crippen LogP contribution in [-0.4, -0.2) is 38.7 Å². The summed E-state index contributed by atoms with van der Waals surface area (Å²) >= 11 is 0. The van der Waals surface area contributed by atoms with Gasteiger partial charge in [0.25, 0.3) is 0 Å². The number of benzene rings is 1. The Morgan fingerprint density at radius 2 is 2.15 bits per heavy atom. The monoisotopic (exact) mass is 299 g/mol. The molecule has 1 aromatic carbocycles. The second kappa shape index (κ2) is 5.90. The topological polar surface area (TPSA) is 92.7 Å². The zero-order valence-corrected chi connectivity index (χ0v) is 11.9. The minimum Gasteiger partial charge on any atom is -0.478 e. The number of hydrogen-bond acceptors (Lipinski definition) is 4. The summed E-state index contributed by atoms with van der Waals surface area (Å²) in [6.07, 6.45) is 2.25. The maximum absolute atomic E-state index is 12.2. The number of methoxy groups -OCH3 is 1. The van der Waals surface area contributed by atoms with Gasteiger partial charge in [0, 0.05) is 13.2 Å². The van der Waals surface area contributed by atoms with E-state index in [9.17, 15) is 13.2 Å². The lowest BCUT2D eigenvalue weighted by atomic mass is 10.2. The molecule has 20 heavy (non-hydrogen) atoms. The first-order valence-corrected chi connectivity index (χ1v) is 7.79. The largest absolute Gasteiger partial charge is 0.478 e. The number of aromatic carboxylic acids is 1. The van der Waals surface area contributed by atoms with Crippen molar-refractivity contribution in [1.29, 1.82) is 0 Å². The van der Waals surface area contributed by atoms with Gasteiger partial charge in [0.15, 0.2) is 0 Å². The number of carboxylic acids is 1. The molecule has 7 heteroatoms. The molecular formula is C13H17NO5S. The third kappa shape index (κ3) is 3.36. The molecule has 2 N–H and O–H groups in total. The number of nitrogens with one attached hydrogen (secondary N) is 1. The quantitative estimate of drug-likeness (QED) is 0.853. The maximum Gasteiger partial charge on any atom is 0.335 e. The van der Waals surface area contributed by atoms with Crippen molar-refractivity contribution < 1.29 is 23.1 Å². The molecule has 6 nitrogen and oxygen atoms in total. The molecule has 0 amide bonds. The first-order chi connectivity index (χ1) is 9.42. The summed E-state index contributed by atoms with van der Waals surface area (Å²) in [5, 5.41) is 8.89. The van der Waals surface area contributed by atoms with E-state index in [1.54, 1.807) is 7.11 Å². The molecule has 0 radical (unpaired) electrons. The smallest absolute Gasteiger partial charge is 0.335 e. The highest BCUT2D eigenvalue weighted by atomic mass is 32.2. The van der Waals surface area contributed by atoms with Crippen LogP contribution in [-0.2, 0) is 14.8 Å². The number of carboxylic acid groups (broad SMARTS) is 1. The molecular weight excluding hydrogens is 282 g/mol. The Morgan fingerprint density at radius 1 is 1.40 bits per heavy atom. The molecule has 2 rings (SSSR count). The standard InChI is InChI=1S/C13H17NO5S/c1-19-11-6-5-10(8-11)14-20(17,18)12-4-2-3-9(7-12)13(15)16/h2-4,7,10-11,14H,5-6,8H2,1H3,(H,15,16). The Labute approximate surface area is 117 Å². The summed E-state index contributed by atoms with van der Waals surface area (Å²) in [7, 11) is -2.09. The molecule has 2 unspecified atom stereocenters. The Morgan fingerprint density at radius 3 is 2.75 bits per heavy atom. The molecule has 0 aromatic heterocycles. The highest BCUT2D eigenvalue weighted by molar-refractivity contribution is 7.89. The molecule has 1 aromatic rings. The van der Waals surface area contributed by atoms with Gasteiger partial charge in [0.05, 0.1) is 16.6 Å². The summed E-state index contributed by atoms with van der Waals surface area (Å²) in [5.74, 6) is -1.15. The lowest BCUT2D eigenvalue weighted by Gasteiger charge is -2.13. The second-order valence-corrected chi connectivity index (χ2v) is 6.54. The van der Waals surface area contributed by atoms with E-state index in [-0.39, 0.29) is 22.6 Å². The molecule has 1 aliphatic rings. The third-order valence-corrected chi connectivity index (χ3v) is 4.95. The Bertz CT molecular complexity index is 599. The number of hydrogen-bond donors (Lipinski definition) is 2. The van der Waals surface area contributed by atoms with Crippen molar-refractivity contribution >= 4 is 16.0 Å². The highest BCUT2D eigenvalue weighted by Crippen LogP contribution is 2.23. The Balaban J connectivity index is 2.14. The van der Waals surface area contributed by atoms with Gasteiger partial charge in [-0.3, -0.25) is 0 Å². The average molecular weight is 299 g/mol. The molecule has 0 aliphatic heterocycles. The highest BCUT2D eigenvalue weighted by Gasteiger charge is 2.28. The second-order valence-electron chi connectivity index (χ2n) is 4.82. The summed E-state index contributed by atoms with van der Waals surface area (Å²) in [5.41, 5.74) is -0.0472. The van der Waals surface area contributed by atoms with Gasteiger partial charge in [0.1, 0.15) is 0 Å². The fraction of sp³-hybridized carbons (Fsp3) is 0.462. The van der Waals surface area contributed by atoms with Gasteiger partial charge >= 0.3 is 5.97 Å². The van der Waals surface area contributed by atoms with Crippen LogP contribution in [0.5, 0.6) is 0 Å². The zero-order valence-electron chi connectivity index (χ0n) is 11.1. The first kappa shape index (κ1) is 15.0. The first-order valence-electron chi connectivity index (χ1n) is 6.31. The van der Waals surface area contributed by atoms with E-state index in [0.29, 0.717) is 6.42 Å². The molecule has 0 bridgehead atoms. The van der Waals surface area contributed by atoms with Crippen molar-refractivity contribution in [1.82, 2.24) is 4.72 Å².